The van der Waals surface area contributed by atoms with Gasteiger partial charge in [-0.1, -0.05) is 26.7 Å². The maximum absolute atomic E-state index is 4.69. The fraction of sp³-hybridized carbons (Fsp3) is 0.600. The van der Waals surface area contributed by atoms with E-state index in [0.717, 1.165) is 22.9 Å². The first-order chi connectivity index (χ1) is 9.13. The number of anilines is 1. The number of hydrogen-bond donors (Lipinski definition) is 1. The van der Waals surface area contributed by atoms with E-state index in [0.29, 0.717) is 12.0 Å². The van der Waals surface area contributed by atoms with Gasteiger partial charge in [0.15, 0.2) is 5.65 Å². The Morgan fingerprint density at radius 1 is 1.26 bits per heavy atom. The molecule has 0 amide bonds. The zero-order valence-corrected chi connectivity index (χ0v) is 12.0. The number of aromatic nitrogens is 3. The van der Waals surface area contributed by atoms with E-state index >= 15 is 0 Å². The van der Waals surface area contributed by atoms with Crippen molar-refractivity contribution in [3.63, 3.8) is 0 Å². The van der Waals surface area contributed by atoms with E-state index in [1.165, 1.54) is 25.7 Å². The van der Waals surface area contributed by atoms with Crippen LogP contribution in [0.3, 0.4) is 0 Å². The highest BCUT2D eigenvalue weighted by atomic mass is 15.3. The molecular weight excluding hydrogens is 236 g/mol. The van der Waals surface area contributed by atoms with Crippen LogP contribution in [0.1, 0.15) is 56.8 Å². The average Bonchev–Trinajstić information content (AvgIpc) is 2.97. The molecule has 1 saturated carbocycles. The summed E-state index contributed by atoms with van der Waals surface area (Å²) in [6, 6.07) is 4.79. The molecule has 1 fully saturated rings. The summed E-state index contributed by atoms with van der Waals surface area (Å²) in [5, 5.41) is 8.32. The molecule has 0 aromatic carbocycles. The van der Waals surface area contributed by atoms with E-state index < -0.39 is 0 Å². The fourth-order valence-corrected chi connectivity index (χ4v) is 2.78. The molecule has 1 aliphatic rings. The van der Waals surface area contributed by atoms with Gasteiger partial charge in [0.05, 0.1) is 5.69 Å². The molecule has 3 rings (SSSR count). The number of nitrogens with zero attached hydrogens (tertiary/aromatic N) is 3. The van der Waals surface area contributed by atoms with Crippen LogP contribution >= 0.6 is 0 Å². The molecule has 0 aliphatic heterocycles. The molecule has 1 aliphatic carbocycles. The van der Waals surface area contributed by atoms with Gasteiger partial charge in [0, 0.05) is 23.9 Å². The smallest absolute Gasteiger partial charge is 0.157 e. The zero-order chi connectivity index (χ0) is 13.4. The molecule has 0 spiro atoms. The quantitative estimate of drug-likeness (QED) is 0.916. The minimum absolute atomic E-state index is 0.432. The van der Waals surface area contributed by atoms with Gasteiger partial charge < -0.3 is 5.32 Å². The third kappa shape index (κ3) is 2.44. The lowest BCUT2D eigenvalue weighted by molar-refractivity contribution is 0.732. The van der Waals surface area contributed by atoms with Crippen molar-refractivity contribution in [2.24, 2.45) is 0 Å². The second-order valence-corrected chi connectivity index (χ2v) is 5.90. The Bertz CT molecular complexity index is 579. The van der Waals surface area contributed by atoms with Crippen molar-refractivity contribution in [2.75, 3.05) is 5.32 Å². The Labute approximate surface area is 114 Å². The molecule has 0 bridgehead atoms. The van der Waals surface area contributed by atoms with Gasteiger partial charge in [-0.15, -0.1) is 0 Å². The molecule has 19 heavy (non-hydrogen) atoms. The van der Waals surface area contributed by atoms with E-state index in [9.17, 15) is 0 Å². The van der Waals surface area contributed by atoms with Crippen LogP contribution in [0.4, 0.5) is 5.82 Å². The number of rotatable bonds is 3. The molecule has 0 saturated heterocycles. The number of fused-ring (bicyclic) bond motifs is 1. The van der Waals surface area contributed by atoms with Gasteiger partial charge in [-0.2, -0.15) is 9.61 Å². The third-order valence-electron chi connectivity index (χ3n) is 3.87. The SMILES string of the molecule is Cc1cc(NC2CCCC2)n2nc(C(C)C)cc2n1. The minimum Gasteiger partial charge on any atom is -0.367 e. The van der Waals surface area contributed by atoms with Crippen LogP contribution in [-0.2, 0) is 0 Å². The highest BCUT2D eigenvalue weighted by Crippen LogP contribution is 2.24. The molecule has 2 aromatic heterocycles. The zero-order valence-electron chi connectivity index (χ0n) is 12.0. The molecule has 4 heteroatoms. The first kappa shape index (κ1) is 12.5. The topological polar surface area (TPSA) is 42.2 Å². The Hall–Kier alpha value is -1.58. The molecule has 2 heterocycles. The van der Waals surface area contributed by atoms with Crippen LogP contribution in [0.15, 0.2) is 12.1 Å². The highest BCUT2D eigenvalue weighted by molar-refractivity contribution is 5.51. The molecule has 4 nitrogen and oxygen atoms in total. The number of nitrogens with one attached hydrogen (secondary N) is 1. The first-order valence-corrected chi connectivity index (χ1v) is 7.27. The average molecular weight is 258 g/mol. The number of aryl methyl sites for hydroxylation is 1. The predicted molar refractivity (Wildman–Crippen MR) is 77.7 cm³/mol. The Kier molecular flexibility index (Phi) is 3.17. The lowest BCUT2D eigenvalue weighted by Gasteiger charge is -2.14. The van der Waals surface area contributed by atoms with Crippen LogP contribution in [-0.4, -0.2) is 20.6 Å². The summed E-state index contributed by atoms with van der Waals surface area (Å²) in [5.41, 5.74) is 3.10. The van der Waals surface area contributed by atoms with E-state index in [-0.39, 0.29) is 0 Å². The van der Waals surface area contributed by atoms with Gasteiger partial charge in [-0.25, -0.2) is 4.98 Å². The summed E-state index contributed by atoms with van der Waals surface area (Å²) in [7, 11) is 0. The molecule has 0 radical (unpaired) electrons. The van der Waals surface area contributed by atoms with Gasteiger partial charge in [-0.3, -0.25) is 0 Å². The van der Waals surface area contributed by atoms with Crippen LogP contribution in [0.25, 0.3) is 5.65 Å². The van der Waals surface area contributed by atoms with Crippen molar-refractivity contribution in [1.29, 1.82) is 0 Å². The Morgan fingerprint density at radius 3 is 2.68 bits per heavy atom. The van der Waals surface area contributed by atoms with Crippen molar-refractivity contribution in [1.82, 2.24) is 14.6 Å². The summed E-state index contributed by atoms with van der Waals surface area (Å²) >= 11 is 0. The standard InChI is InChI=1S/C15H22N4/c1-10(2)13-9-15-16-11(3)8-14(19(15)18-13)17-12-6-4-5-7-12/h8-10,12,17H,4-7H2,1-3H3. The maximum atomic E-state index is 4.69. The van der Waals surface area contributed by atoms with Crippen molar-refractivity contribution >= 4 is 11.5 Å². The van der Waals surface area contributed by atoms with E-state index in [1.54, 1.807) is 0 Å². The van der Waals surface area contributed by atoms with Crippen molar-refractivity contribution in [2.45, 2.75) is 58.4 Å². The van der Waals surface area contributed by atoms with Crippen molar-refractivity contribution in [3.05, 3.63) is 23.5 Å². The van der Waals surface area contributed by atoms with Crippen LogP contribution in [0, 0.1) is 6.92 Å². The van der Waals surface area contributed by atoms with E-state index in [4.69, 9.17) is 0 Å². The predicted octanol–water partition coefficient (Wildman–Crippen LogP) is 3.52. The fourth-order valence-electron chi connectivity index (χ4n) is 2.78. The summed E-state index contributed by atoms with van der Waals surface area (Å²) in [6.07, 6.45) is 5.20. The van der Waals surface area contributed by atoms with Gasteiger partial charge in [0.25, 0.3) is 0 Å². The molecule has 0 atom stereocenters. The van der Waals surface area contributed by atoms with Crippen LogP contribution < -0.4 is 5.32 Å². The normalized spacial score (nSPS) is 16.6. The lowest BCUT2D eigenvalue weighted by Crippen LogP contribution is -2.17. The summed E-state index contributed by atoms with van der Waals surface area (Å²) in [6.45, 7) is 6.37. The highest BCUT2D eigenvalue weighted by Gasteiger charge is 2.17. The van der Waals surface area contributed by atoms with Gasteiger partial charge in [0.1, 0.15) is 5.82 Å². The second kappa shape index (κ2) is 4.83. The summed E-state index contributed by atoms with van der Waals surface area (Å²) in [5.74, 6) is 1.52. The first-order valence-electron chi connectivity index (χ1n) is 7.27. The molecular formula is C15H22N4. The van der Waals surface area contributed by atoms with Crippen molar-refractivity contribution < 1.29 is 0 Å². The van der Waals surface area contributed by atoms with Gasteiger partial charge in [0.2, 0.25) is 0 Å². The Morgan fingerprint density at radius 2 is 2.00 bits per heavy atom. The molecule has 1 N–H and O–H groups in total. The van der Waals surface area contributed by atoms with Gasteiger partial charge >= 0.3 is 0 Å². The molecule has 102 valence electrons. The Balaban J connectivity index is 2.00. The minimum atomic E-state index is 0.432. The number of hydrogen-bond acceptors (Lipinski definition) is 3. The summed E-state index contributed by atoms with van der Waals surface area (Å²) in [4.78, 5) is 4.57. The van der Waals surface area contributed by atoms with Crippen LogP contribution in [0.2, 0.25) is 0 Å². The summed E-state index contributed by atoms with van der Waals surface area (Å²) < 4.78 is 1.96. The largest absolute Gasteiger partial charge is 0.367 e. The third-order valence-corrected chi connectivity index (χ3v) is 3.87. The van der Waals surface area contributed by atoms with E-state index in [1.807, 2.05) is 11.4 Å². The van der Waals surface area contributed by atoms with Crippen LogP contribution in [0.5, 0.6) is 0 Å². The van der Waals surface area contributed by atoms with E-state index in [2.05, 4.69) is 41.4 Å². The monoisotopic (exact) mass is 258 g/mol. The van der Waals surface area contributed by atoms with Crippen molar-refractivity contribution in [3.8, 4) is 0 Å². The second-order valence-electron chi connectivity index (χ2n) is 5.90. The molecule has 0 unspecified atom stereocenters. The lowest BCUT2D eigenvalue weighted by atomic mass is 10.1. The van der Waals surface area contributed by atoms with Gasteiger partial charge in [-0.05, 0) is 25.7 Å². The maximum Gasteiger partial charge on any atom is 0.157 e. The molecule has 2 aromatic rings.